The van der Waals surface area contributed by atoms with E-state index in [1.807, 2.05) is 0 Å². The van der Waals surface area contributed by atoms with E-state index in [-0.39, 0.29) is 0 Å². The molecule has 17 heavy (non-hydrogen) atoms. The lowest BCUT2D eigenvalue weighted by atomic mass is 10.1. The monoisotopic (exact) mass is 233 g/mol. The van der Waals surface area contributed by atoms with Crippen LogP contribution in [-0.2, 0) is 0 Å². The second-order valence-corrected chi connectivity index (χ2v) is 4.89. The van der Waals surface area contributed by atoms with E-state index in [1.54, 1.807) is 0 Å². The van der Waals surface area contributed by atoms with Gasteiger partial charge in [0, 0.05) is 18.8 Å². The molecule has 1 aliphatic heterocycles. The third kappa shape index (κ3) is 5.25. The number of benzene rings is 1. The average Bonchev–Trinajstić information content (AvgIpc) is 2.40. The van der Waals surface area contributed by atoms with E-state index in [9.17, 15) is 0 Å². The zero-order chi connectivity index (χ0) is 12.5. The summed E-state index contributed by atoms with van der Waals surface area (Å²) in [5, 5.41) is 0. The van der Waals surface area contributed by atoms with Crippen LogP contribution in [0, 0.1) is 6.92 Å². The van der Waals surface area contributed by atoms with E-state index in [0.29, 0.717) is 0 Å². The molecule has 0 bridgehead atoms. The molecule has 1 aromatic carbocycles. The van der Waals surface area contributed by atoms with Gasteiger partial charge in [-0.15, -0.1) is 0 Å². The van der Waals surface area contributed by atoms with Crippen molar-refractivity contribution in [3.05, 3.63) is 29.8 Å². The van der Waals surface area contributed by atoms with Gasteiger partial charge in [-0.3, -0.25) is 0 Å². The van der Waals surface area contributed by atoms with Gasteiger partial charge >= 0.3 is 0 Å². The minimum absolute atomic E-state index is 1.24. The Balaban J connectivity index is 0.000000317. The largest absolute Gasteiger partial charge is 0.372 e. The summed E-state index contributed by atoms with van der Waals surface area (Å²) in [5.41, 5.74) is 2.77. The molecule has 0 aromatic heterocycles. The Hall–Kier alpha value is -0.980. The van der Waals surface area contributed by atoms with Crippen molar-refractivity contribution >= 4 is 5.69 Å². The molecule has 0 atom stereocenters. The third-order valence-electron chi connectivity index (χ3n) is 3.22. The Morgan fingerprint density at radius 1 is 1.00 bits per heavy atom. The van der Waals surface area contributed by atoms with E-state index in [0.717, 1.165) is 0 Å². The Morgan fingerprint density at radius 3 is 2.18 bits per heavy atom. The van der Waals surface area contributed by atoms with Crippen LogP contribution in [0.15, 0.2) is 24.3 Å². The van der Waals surface area contributed by atoms with Crippen LogP contribution in [0.3, 0.4) is 0 Å². The van der Waals surface area contributed by atoms with E-state index in [1.165, 1.54) is 56.4 Å². The summed E-state index contributed by atoms with van der Waals surface area (Å²) >= 11 is 0. The first-order valence-corrected chi connectivity index (χ1v) is 7.09. The fourth-order valence-corrected chi connectivity index (χ4v) is 1.98. The first-order valence-electron chi connectivity index (χ1n) is 7.09. The standard InChI is InChI=1S/C12H17N.C4H10/c1-11-6-5-7-12(10-11)13-8-3-2-4-9-13;1-3-4-2/h5-7,10H,2-4,8-9H2,1H3;3-4H2,1-2H3. The maximum Gasteiger partial charge on any atom is 0.0368 e. The molecule has 1 fully saturated rings. The molecule has 1 aliphatic rings. The van der Waals surface area contributed by atoms with Crippen LogP contribution >= 0.6 is 0 Å². The molecule has 0 saturated carbocycles. The van der Waals surface area contributed by atoms with Crippen LogP contribution in [0.25, 0.3) is 0 Å². The van der Waals surface area contributed by atoms with Gasteiger partial charge in [0.15, 0.2) is 0 Å². The lowest BCUT2D eigenvalue weighted by Crippen LogP contribution is -2.29. The highest BCUT2D eigenvalue weighted by Crippen LogP contribution is 2.20. The van der Waals surface area contributed by atoms with E-state index >= 15 is 0 Å². The number of hydrogen-bond acceptors (Lipinski definition) is 1. The summed E-state index contributed by atoms with van der Waals surface area (Å²) in [6, 6.07) is 8.82. The highest BCUT2D eigenvalue weighted by atomic mass is 15.1. The second kappa shape index (κ2) is 8.16. The van der Waals surface area contributed by atoms with Crippen LogP contribution in [-0.4, -0.2) is 13.1 Å². The molecule has 0 radical (unpaired) electrons. The molecule has 2 rings (SSSR count). The van der Waals surface area contributed by atoms with Crippen LogP contribution in [0.5, 0.6) is 0 Å². The number of anilines is 1. The molecule has 1 heterocycles. The van der Waals surface area contributed by atoms with Gasteiger partial charge in [0.2, 0.25) is 0 Å². The lowest BCUT2D eigenvalue weighted by molar-refractivity contribution is 0.578. The van der Waals surface area contributed by atoms with E-state index < -0.39 is 0 Å². The van der Waals surface area contributed by atoms with Crippen molar-refractivity contribution < 1.29 is 0 Å². The summed E-state index contributed by atoms with van der Waals surface area (Å²) in [5.74, 6) is 0. The van der Waals surface area contributed by atoms with Crippen molar-refractivity contribution in [3.63, 3.8) is 0 Å². The number of hydrogen-bond donors (Lipinski definition) is 0. The van der Waals surface area contributed by atoms with Crippen molar-refractivity contribution in [2.24, 2.45) is 0 Å². The fourth-order valence-electron chi connectivity index (χ4n) is 1.98. The quantitative estimate of drug-likeness (QED) is 0.709. The van der Waals surface area contributed by atoms with Crippen molar-refractivity contribution in [2.75, 3.05) is 18.0 Å². The molecule has 1 aromatic rings. The number of aryl methyl sites for hydroxylation is 1. The molecule has 0 aliphatic carbocycles. The summed E-state index contributed by atoms with van der Waals surface area (Å²) in [4.78, 5) is 2.50. The van der Waals surface area contributed by atoms with Crippen molar-refractivity contribution in [1.29, 1.82) is 0 Å². The Labute approximate surface area is 107 Å². The molecular formula is C16H27N. The SMILES string of the molecule is CCCC.Cc1cccc(N2CCCCC2)c1. The number of nitrogens with zero attached hydrogens (tertiary/aromatic N) is 1. The molecule has 1 heteroatoms. The van der Waals surface area contributed by atoms with Crippen molar-refractivity contribution in [2.45, 2.75) is 52.9 Å². The van der Waals surface area contributed by atoms with Crippen LogP contribution in [0.2, 0.25) is 0 Å². The van der Waals surface area contributed by atoms with Gasteiger partial charge in [0.25, 0.3) is 0 Å². The first kappa shape index (κ1) is 14.1. The number of unbranched alkanes of at least 4 members (excludes halogenated alkanes) is 1. The Morgan fingerprint density at radius 2 is 1.65 bits per heavy atom. The minimum Gasteiger partial charge on any atom is -0.372 e. The van der Waals surface area contributed by atoms with Crippen LogP contribution in [0.4, 0.5) is 5.69 Å². The summed E-state index contributed by atoms with van der Waals surface area (Å²) in [6.45, 7) is 9.00. The highest BCUT2D eigenvalue weighted by Gasteiger charge is 2.09. The minimum atomic E-state index is 1.24. The molecule has 96 valence electrons. The van der Waals surface area contributed by atoms with Gasteiger partial charge in [0.05, 0.1) is 0 Å². The summed E-state index contributed by atoms with van der Waals surface area (Å²) in [7, 11) is 0. The van der Waals surface area contributed by atoms with Gasteiger partial charge in [-0.25, -0.2) is 0 Å². The molecule has 0 amide bonds. The van der Waals surface area contributed by atoms with Gasteiger partial charge in [-0.2, -0.15) is 0 Å². The molecular weight excluding hydrogens is 206 g/mol. The zero-order valence-corrected chi connectivity index (χ0v) is 11.7. The normalized spacial score (nSPS) is 15.1. The molecule has 0 unspecified atom stereocenters. The van der Waals surface area contributed by atoms with Gasteiger partial charge in [-0.1, -0.05) is 38.8 Å². The summed E-state index contributed by atoms with van der Waals surface area (Å²) < 4.78 is 0. The Bertz CT molecular complexity index is 298. The number of piperidine rings is 1. The molecule has 0 N–H and O–H groups in total. The second-order valence-electron chi connectivity index (χ2n) is 4.89. The van der Waals surface area contributed by atoms with Crippen molar-refractivity contribution in [1.82, 2.24) is 0 Å². The molecule has 1 nitrogen and oxygen atoms in total. The van der Waals surface area contributed by atoms with Gasteiger partial charge in [-0.05, 0) is 43.9 Å². The predicted molar refractivity (Wildman–Crippen MR) is 77.8 cm³/mol. The van der Waals surface area contributed by atoms with Crippen molar-refractivity contribution in [3.8, 4) is 0 Å². The van der Waals surface area contributed by atoms with E-state index in [4.69, 9.17) is 0 Å². The summed E-state index contributed by atoms with van der Waals surface area (Å²) in [6.07, 6.45) is 6.75. The van der Waals surface area contributed by atoms with E-state index in [2.05, 4.69) is 49.9 Å². The Kier molecular flexibility index (Phi) is 6.76. The van der Waals surface area contributed by atoms with Crippen LogP contribution in [0.1, 0.15) is 51.5 Å². The van der Waals surface area contributed by atoms with Gasteiger partial charge < -0.3 is 4.90 Å². The molecule has 0 spiro atoms. The predicted octanol–water partition coefficient (Wildman–Crippen LogP) is 4.79. The zero-order valence-electron chi connectivity index (χ0n) is 11.7. The highest BCUT2D eigenvalue weighted by molar-refractivity contribution is 5.48. The molecule has 1 saturated heterocycles. The number of rotatable bonds is 2. The lowest BCUT2D eigenvalue weighted by Gasteiger charge is -2.28. The third-order valence-corrected chi connectivity index (χ3v) is 3.22. The first-order chi connectivity index (χ1) is 8.27. The fraction of sp³-hybridized carbons (Fsp3) is 0.625. The maximum atomic E-state index is 2.50. The maximum absolute atomic E-state index is 2.50. The van der Waals surface area contributed by atoms with Crippen LogP contribution < -0.4 is 4.90 Å². The average molecular weight is 233 g/mol. The topological polar surface area (TPSA) is 3.24 Å². The van der Waals surface area contributed by atoms with Gasteiger partial charge in [0.1, 0.15) is 0 Å². The smallest absolute Gasteiger partial charge is 0.0368 e.